The first-order valence-corrected chi connectivity index (χ1v) is 15.0. The smallest absolute Gasteiger partial charge is 0.268 e. The number of carbonyl (C=O) groups is 3. The largest absolute Gasteiger partial charge is 0.548 e. The molecule has 0 aliphatic carbocycles. The molecule has 5 aromatic rings. The van der Waals surface area contributed by atoms with Gasteiger partial charge in [0.2, 0.25) is 0 Å². The Kier molecular flexibility index (Phi) is 8.27. The number of aryl methyl sites for hydroxylation is 2. The van der Waals surface area contributed by atoms with Gasteiger partial charge in [-0.25, -0.2) is 0 Å². The lowest BCUT2D eigenvalue weighted by molar-refractivity contribution is -0.306. The molecule has 0 saturated carbocycles. The van der Waals surface area contributed by atoms with Crippen molar-refractivity contribution >= 4 is 51.5 Å². The quantitative estimate of drug-likeness (QED) is 0.232. The summed E-state index contributed by atoms with van der Waals surface area (Å²) in [6.45, 7) is 9.24. The predicted octanol–water partition coefficient (Wildman–Crippen LogP) is 5.02. The van der Waals surface area contributed by atoms with Crippen LogP contribution in [0.4, 0.5) is 0 Å². The molecule has 0 spiro atoms. The van der Waals surface area contributed by atoms with Crippen molar-refractivity contribution in [3.8, 4) is 5.00 Å². The second-order valence-electron chi connectivity index (χ2n) is 11.2. The maximum absolute atomic E-state index is 13.9. The molecule has 2 aromatic carbocycles. The predicted molar refractivity (Wildman–Crippen MR) is 165 cm³/mol. The van der Waals surface area contributed by atoms with Gasteiger partial charge in [-0.1, -0.05) is 69.6 Å². The van der Waals surface area contributed by atoms with Gasteiger partial charge in [-0.05, 0) is 48.6 Å². The number of benzene rings is 2. The van der Waals surface area contributed by atoms with Gasteiger partial charge in [-0.2, -0.15) is 0 Å². The number of carboxylic acids is 1. The molecule has 3 heterocycles. The van der Waals surface area contributed by atoms with E-state index >= 15 is 0 Å². The first-order valence-electron chi connectivity index (χ1n) is 13.8. The Bertz CT molecular complexity index is 1880. The highest BCUT2D eigenvalue weighted by molar-refractivity contribution is 7.15. The Labute approximate surface area is 258 Å². The minimum Gasteiger partial charge on any atom is -0.548 e. The number of hydrogen-bond donors (Lipinski definition) is 1. The van der Waals surface area contributed by atoms with Gasteiger partial charge in [0.25, 0.3) is 5.91 Å². The van der Waals surface area contributed by atoms with Gasteiger partial charge in [0, 0.05) is 21.3 Å². The molecule has 9 nitrogen and oxygen atoms in total. The lowest BCUT2D eigenvalue weighted by Crippen LogP contribution is -2.33. The number of rotatable bonds is 9. The van der Waals surface area contributed by atoms with Crippen LogP contribution in [0.3, 0.4) is 0 Å². The van der Waals surface area contributed by atoms with Crippen molar-refractivity contribution in [3.05, 3.63) is 98.5 Å². The summed E-state index contributed by atoms with van der Waals surface area (Å²) in [4.78, 5) is 40.3. The molecule has 5 rings (SSSR count). The molecule has 0 aliphatic rings. The topological polar surface area (TPSA) is 122 Å². The lowest BCUT2D eigenvalue weighted by Gasteiger charge is -2.21. The van der Waals surface area contributed by atoms with E-state index in [1.54, 1.807) is 47.9 Å². The molecule has 0 unspecified atom stereocenters. The zero-order valence-corrected chi connectivity index (χ0v) is 26.1. The number of aromatic nitrogens is 4. The van der Waals surface area contributed by atoms with Crippen molar-refractivity contribution in [2.75, 3.05) is 0 Å². The number of aliphatic carboxylic acids is 1. The van der Waals surface area contributed by atoms with E-state index in [1.807, 2.05) is 45.9 Å². The van der Waals surface area contributed by atoms with Crippen molar-refractivity contribution in [2.24, 2.45) is 0 Å². The summed E-state index contributed by atoms with van der Waals surface area (Å²) in [5, 5.41) is 25.1. The summed E-state index contributed by atoms with van der Waals surface area (Å²) in [7, 11) is 0. The van der Waals surface area contributed by atoms with Crippen LogP contribution in [0.5, 0.6) is 0 Å². The van der Waals surface area contributed by atoms with Gasteiger partial charge in [0.1, 0.15) is 16.5 Å². The van der Waals surface area contributed by atoms with Crippen LogP contribution >= 0.6 is 22.9 Å². The van der Waals surface area contributed by atoms with E-state index in [2.05, 4.69) is 15.5 Å². The average molecular weight is 617 g/mol. The van der Waals surface area contributed by atoms with Crippen molar-refractivity contribution in [1.29, 1.82) is 0 Å². The summed E-state index contributed by atoms with van der Waals surface area (Å²) >= 11 is 7.82. The molecule has 0 radical (unpaired) electrons. The number of nitrogens with zero attached hydrogens (tertiary/aromatic N) is 4. The highest BCUT2D eigenvalue weighted by Crippen LogP contribution is 2.36. The fraction of sp³-hybridized carbons (Fsp3) is 0.281. The molecule has 0 saturated heterocycles. The van der Waals surface area contributed by atoms with E-state index in [0.29, 0.717) is 38.3 Å². The van der Waals surface area contributed by atoms with Crippen LogP contribution in [0, 0.1) is 6.92 Å². The summed E-state index contributed by atoms with van der Waals surface area (Å²) < 4.78 is 3.26. The molecule has 3 aromatic heterocycles. The zero-order chi connectivity index (χ0) is 31.1. The summed E-state index contributed by atoms with van der Waals surface area (Å²) in [5.74, 6) is -1.01. The Morgan fingerprint density at radius 2 is 1.72 bits per heavy atom. The van der Waals surface area contributed by atoms with Crippen LogP contribution in [-0.2, 0) is 29.7 Å². The van der Waals surface area contributed by atoms with Crippen molar-refractivity contribution in [3.63, 3.8) is 0 Å². The number of thiophene rings is 1. The lowest BCUT2D eigenvalue weighted by atomic mass is 9.84. The Balaban J connectivity index is 1.55. The van der Waals surface area contributed by atoms with Crippen LogP contribution in [0.25, 0.3) is 15.9 Å². The fourth-order valence-electron chi connectivity index (χ4n) is 5.34. The van der Waals surface area contributed by atoms with E-state index < -0.39 is 23.8 Å². The minimum absolute atomic E-state index is 0.0187. The van der Waals surface area contributed by atoms with Gasteiger partial charge >= 0.3 is 0 Å². The Hall–Kier alpha value is -4.28. The molecule has 222 valence electrons. The van der Waals surface area contributed by atoms with E-state index in [-0.39, 0.29) is 18.0 Å². The van der Waals surface area contributed by atoms with Crippen LogP contribution < -0.4 is 10.4 Å². The van der Waals surface area contributed by atoms with E-state index in [0.717, 1.165) is 22.2 Å². The van der Waals surface area contributed by atoms with Crippen molar-refractivity contribution in [1.82, 2.24) is 24.6 Å². The molecule has 11 heteroatoms. The number of carboxylic acid groups (broad SMARTS) is 1. The number of halogens is 1. The van der Waals surface area contributed by atoms with E-state index in [4.69, 9.17) is 11.6 Å². The van der Waals surface area contributed by atoms with Gasteiger partial charge < -0.3 is 19.8 Å². The van der Waals surface area contributed by atoms with Crippen LogP contribution in [-0.4, -0.2) is 37.0 Å². The Morgan fingerprint density at radius 1 is 1.02 bits per heavy atom. The van der Waals surface area contributed by atoms with Gasteiger partial charge in [-0.3, -0.25) is 14.2 Å². The number of nitrogens with one attached hydrogen (secondary N) is 1. The number of hydrogen-bond acceptors (Lipinski definition) is 7. The maximum atomic E-state index is 13.9. The molecule has 1 N–H and O–H groups in total. The number of para-hydroxylation sites is 1. The molecule has 0 atom stereocenters. The second-order valence-corrected chi connectivity index (χ2v) is 12.7. The first-order chi connectivity index (χ1) is 20.4. The standard InChI is InChI=1S/C32H32ClN5O4S/c1-6-19-15-22(29(41)20-11-7-9-13-23(20)33)31(43-19)38-18(2)35-36-25(38)16-34-30(42)28-27(32(3,4)5)21-12-8-10-14-24(21)37(28)17-26(39)40/h7-15H,6,16-17H2,1-5H3,(H,34,42)(H,39,40)/p-1. The van der Waals surface area contributed by atoms with Gasteiger partial charge in [0.05, 0.1) is 29.6 Å². The van der Waals surface area contributed by atoms with Crippen molar-refractivity contribution in [2.45, 2.75) is 59.5 Å². The van der Waals surface area contributed by atoms with Crippen molar-refractivity contribution < 1.29 is 19.5 Å². The second kappa shape index (κ2) is 11.8. The van der Waals surface area contributed by atoms with E-state index in [1.165, 1.54) is 15.9 Å². The third-order valence-corrected chi connectivity index (χ3v) is 8.79. The van der Waals surface area contributed by atoms with Crippen LogP contribution in [0.1, 0.15) is 76.2 Å². The first kappa shape index (κ1) is 30.2. The number of carbonyl (C=O) groups excluding carboxylic acids is 3. The highest BCUT2D eigenvalue weighted by Gasteiger charge is 2.30. The van der Waals surface area contributed by atoms with Crippen LogP contribution in [0.2, 0.25) is 5.02 Å². The normalized spacial score (nSPS) is 11.7. The number of amides is 1. The molecule has 0 bridgehead atoms. The number of ketones is 1. The maximum Gasteiger partial charge on any atom is 0.268 e. The summed E-state index contributed by atoms with van der Waals surface area (Å²) in [6, 6.07) is 16.1. The van der Waals surface area contributed by atoms with Gasteiger partial charge in [-0.15, -0.1) is 21.5 Å². The number of fused-ring (bicyclic) bond motifs is 1. The molecular weight excluding hydrogens is 586 g/mol. The highest BCUT2D eigenvalue weighted by atomic mass is 35.5. The van der Waals surface area contributed by atoms with Gasteiger partial charge in [0.15, 0.2) is 11.6 Å². The molecule has 0 fully saturated rings. The average Bonchev–Trinajstić information content (AvgIpc) is 3.64. The molecular formula is C32H31ClN5O4S-. The monoisotopic (exact) mass is 616 g/mol. The molecule has 43 heavy (non-hydrogen) atoms. The zero-order valence-electron chi connectivity index (χ0n) is 24.5. The van der Waals surface area contributed by atoms with Crippen LogP contribution in [0.15, 0.2) is 54.6 Å². The summed E-state index contributed by atoms with van der Waals surface area (Å²) in [6.07, 6.45) is 0.722. The van der Waals surface area contributed by atoms with E-state index in [9.17, 15) is 19.5 Å². The SMILES string of the molecule is CCc1cc(C(=O)c2ccccc2Cl)c(-n2c(C)nnc2CNC(=O)c2c(C(C)(C)C)c3ccccc3n2CC(=O)[O-])s1. The molecule has 0 aliphatic heterocycles. The third kappa shape index (κ3) is 5.72. The Morgan fingerprint density at radius 3 is 2.40 bits per heavy atom. The third-order valence-electron chi connectivity index (χ3n) is 7.20. The molecule has 1 amide bonds. The minimum atomic E-state index is -1.30. The summed E-state index contributed by atoms with van der Waals surface area (Å²) in [5.41, 5.74) is 2.00. The fourth-order valence-corrected chi connectivity index (χ4v) is 6.73.